The molecule has 2 saturated carbocycles. The summed E-state index contributed by atoms with van der Waals surface area (Å²) < 4.78 is 12.1. The number of urea groups is 1. The molecule has 0 unspecified atom stereocenters. The molecule has 0 spiro atoms. The highest BCUT2D eigenvalue weighted by atomic mass is 32.2. The molecule has 26 heavy (non-hydrogen) atoms. The van der Waals surface area contributed by atoms with Crippen molar-refractivity contribution < 1.29 is 9.00 Å². The van der Waals surface area contributed by atoms with Crippen LogP contribution in [0.1, 0.15) is 77.6 Å². The lowest BCUT2D eigenvalue weighted by Gasteiger charge is -2.40. The number of amides is 2. The highest BCUT2D eigenvalue weighted by Gasteiger charge is 2.29. The minimum absolute atomic E-state index is 0.0200. The number of hydrogen-bond donors (Lipinski definition) is 2. The molecule has 1 aliphatic heterocycles. The first kappa shape index (κ1) is 20.1. The van der Waals surface area contributed by atoms with Gasteiger partial charge in [0.15, 0.2) is 0 Å². The van der Waals surface area contributed by atoms with Crippen molar-refractivity contribution in [3.05, 3.63) is 0 Å². The van der Waals surface area contributed by atoms with Crippen LogP contribution in [0.3, 0.4) is 0 Å². The maximum Gasteiger partial charge on any atom is 0.315 e. The number of nitrogens with one attached hydrogen (secondary N) is 2. The SMILES string of the molecule is CC[S@](=O)[C@@H]1CCC[C@@H](NC(=O)N[C@@H]2CCCN(C3CCCCC3)C2)C1. The second-order valence-electron chi connectivity index (χ2n) is 8.40. The predicted octanol–water partition coefficient (Wildman–Crippen LogP) is 3.16. The van der Waals surface area contributed by atoms with Crippen LogP contribution < -0.4 is 10.6 Å². The first-order chi connectivity index (χ1) is 12.7. The number of carbonyl (C=O) groups excluding carboxylic acids is 1. The summed E-state index contributed by atoms with van der Waals surface area (Å²) in [4.78, 5) is 15.1. The second kappa shape index (κ2) is 10.1. The Morgan fingerprint density at radius 2 is 1.69 bits per heavy atom. The Morgan fingerprint density at radius 1 is 0.962 bits per heavy atom. The van der Waals surface area contributed by atoms with Crippen molar-refractivity contribution in [1.82, 2.24) is 15.5 Å². The average Bonchev–Trinajstić information content (AvgIpc) is 2.68. The van der Waals surface area contributed by atoms with E-state index in [2.05, 4.69) is 15.5 Å². The molecule has 0 aromatic carbocycles. The van der Waals surface area contributed by atoms with E-state index in [1.807, 2.05) is 6.92 Å². The topological polar surface area (TPSA) is 61.4 Å². The van der Waals surface area contributed by atoms with E-state index in [0.717, 1.165) is 50.4 Å². The van der Waals surface area contributed by atoms with Gasteiger partial charge in [0.25, 0.3) is 0 Å². The van der Waals surface area contributed by atoms with Crippen LogP contribution in [-0.4, -0.2) is 57.4 Å². The van der Waals surface area contributed by atoms with E-state index in [1.165, 1.54) is 45.1 Å². The molecule has 2 N–H and O–H groups in total. The number of hydrogen-bond acceptors (Lipinski definition) is 3. The van der Waals surface area contributed by atoms with Gasteiger partial charge in [-0.1, -0.05) is 32.6 Å². The van der Waals surface area contributed by atoms with Gasteiger partial charge in [0, 0.05) is 46.5 Å². The summed E-state index contributed by atoms with van der Waals surface area (Å²) in [6.07, 6.45) is 13.0. The first-order valence-electron chi connectivity index (χ1n) is 10.8. The van der Waals surface area contributed by atoms with Gasteiger partial charge in [-0.15, -0.1) is 0 Å². The summed E-state index contributed by atoms with van der Waals surface area (Å²) in [5.41, 5.74) is 0. The van der Waals surface area contributed by atoms with Gasteiger partial charge >= 0.3 is 6.03 Å². The van der Waals surface area contributed by atoms with Crippen LogP contribution in [0.2, 0.25) is 0 Å². The molecular weight excluding hydrogens is 346 g/mol. The first-order valence-corrected chi connectivity index (χ1v) is 12.2. The Kier molecular flexibility index (Phi) is 7.79. The lowest BCUT2D eigenvalue weighted by Crippen LogP contribution is -2.54. The smallest absolute Gasteiger partial charge is 0.315 e. The highest BCUT2D eigenvalue weighted by Crippen LogP contribution is 2.26. The third-order valence-electron chi connectivity index (χ3n) is 6.50. The molecule has 3 fully saturated rings. The Morgan fingerprint density at radius 3 is 2.46 bits per heavy atom. The molecule has 0 radical (unpaired) electrons. The number of carbonyl (C=O) groups is 1. The molecular formula is C20H37N3O2S. The Hall–Kier alpha value is -0.620. The van der Waals surface area contributed by atoms with Crippen LogP contribution >= 0.6 is 0 Å². The van der Waals surface area contributed by atoms with E-state index >= 15 is 0 Å². The van der Waals surface area contributed by atoms with Crippen LogP contribution in [-0.2, 0) is 10.8 Å². The monoisotopic (exact) mass is 383 g/mol. The highest BCUT2D eigenvalue weighted by molar-refractivity contribution is 7.85. The van der Waals surface area contributed by atoms with E-state index in [-0.39, 0.29) is 23.4 Å². The Balaban J connectivity index is 1.43. The Bertz CT molecular complexity index is 482. The molecule has 2 aliphatic carbocycles. The fourth-order valence-corrected chi connectivity index (χ4v) is 6.41. The van der Waals surface area contributed by atoms with Crippen molar-refractivity contribution in [3.63, 3.8) is 0 Å². The summed E-state index contributed by atoms with van der Waals surface area (Å²) in [6.45, 7) is 4.18. The standard InChI is InChI=1S/C20H37N3O2S/c1-2-26(25)19-12-6-8-16(14-19)21-20(24)22-17-9-7-13-23(15-17)18-10-4-3-5-11-18/h16-19H,2-15H2,1H3,(H2,21,22,24)/t16-,17-,19-,26+/m1/s1. The molecule has 6 heteroatoms. The van der Waals surface area contributed by atoms with E-state index < -0.39 is 10.8 Å². The van der Waals surface area contributed by atoms with Gasteiger partial charge in [0.05, 0.1) is 0 Å². The molecule has 1 saturated heterocycles. The van der Waals surface area contributed by atoms with Crippen LogP contribution in [0.25, 0.3) is 0 Å². The van der Waals surface area contributed by atoms with E-state index in [0.29, 0.717) is 0 Å². The van der Waals surface area contributed by atoms with Crippen LogP contribution in [0.15, 0.2) is 0 Å². The third kappa shape index (κ3) is 5.69. The molecule has 5 nitrogen and oxygen atoms in total. The quantitative estimate of drug-likeness (QED) is 0.767. The fraction of sp³-hybridized carbons (Fsp3) is 0.950. The van der Waals surface area contributed by atoms with Gasteiger partial charge < -0.3 is 10.6 Å². The van der Waals surface area contributed by atoms with Crippen LogP contribution in [0, 0.1) is 0 Å². The molecule has 3 rings (SSSR count). The van der Waals surface area contributed by atoms with Gasteiger partial charge in [0.1, 0.15) is 0 Å². The van der Waals surface area contributed by atoms with E-state index in [9.17, 15) is 9.00 Å². The molecule has 3 aliphatic rings. The minimum Gasteiger partial charge on any atom is -0.335 e. The van der Waals surface area contributed by atoms with Crippen molar-refractivity contribution in [2.75, 3.05) is 18.8 Å². The van der Waals surface area contributed by atoms with Crippen LogP contribution in [0.5, 0.6) is 0 Å². The normalized spacial score (nSPS) is 32.7. The largest absolute Gasteiger partial charge is 0.335 e. The summed E-state index contributed by atoms with van der Waals surface area (Å²) in [5.74, 6) is 0.725. The molecule has 0 aromatic heterocycles. The van der Waals surface area contributed by atoms with Crippen molar-refractivity contribution in [1.29, 1.82) is 0 Å². The van der Waals surface area contributed by atoms with Crippen molar-refractivity contribution >= 4 is 16.8 Å². The summed E-state index contributed by atoms with van der Waals surface area (Å²) in [5, 5.41) is 6.65. The number of rotatable bonds is 5. The molecule has 2 amide bonds. The molecule has 1 heterocycles. The van der Waals surface area contributed by atoms with Gasteiger partial charge in [-0.25, -0.2) is 4.79 Å². The number of likely N-dealkylation sites (tertiary alicyclic amines) is 1. The third-order valence-corrected chi connectivity index (χ3v) is 8.24. The maximum absolute atomic E-state index is 12.5. The van der Waals surface area contributed by atoms with Crippen molar-refractivity contribution in [2.24, 2.45) is 0 Å². The summed E-state index contributed by atoms with van der Waals surface area (Å²) in [7, 11) is -0.741. The Labute approximate surface area is 161 Å². The van der Waals surface area contributed by atoms with Crippen LogP contribution in [0.4, 0.5) is 4.79 Å². The van der Waals surface area contributed by atoms with Gasteiger partial charge in [-0.3, -0.25) is 9.11 Å². The van der Waals surface area contributed by atoms with Gasteiger partial charge in [0.2, 0.25) is 0 Å². The van der Waals surface area contributed by atoms with Crippen molar-refractivity contribution in [2.45, 2.75) is 101 Å². The summed E-state index contributed by atoms with van der Waals surface area (Å²) in [6, 6.07) is 1.17. The second-order valence-corrected chi connectivity index (χ2v) is 10.4. The number of nitrogens with zero attached hydrogens (tertiary/aromatic N) is 1. The maximum atomic E-state index is 12.5. The van der Waals surface area contributed by atoms with Gasteiger partial charge in [-0.2, -0.15) is 0 Å². The van der Waals surface area contributed by atoms with E-state index in [4.69, 9.17) is 0 Å². The molecule has 0 bridgehead atoms. The average molecular weight is 384 g/mol. The lowest BCUT2D eigenvalue weighted by molar-refractivity contribution is 0.111. The fourth-order valence-electron chi connectivity index (χ4n) is 5.07. The molecule has 150 valence electrons. The van der Waals surface area contributed by atoms with Gasteiger partial charge in [-0.05, 0) is 51.5 Å². The van der Waals surface area contributed by atoms with E-state index in [1.54, 1.807) is 0 Å². The zero-order chi connectivity index (χ0) is 18.4. The predicted molar refractivity (Wildman–Crippen MR) is 108 cm³/mol. The minimum atomic E-state index is -0.741. The molecule has 4 atom stereocenters. The molecule has 0 aromatic rings. The lowest BCUT2D eigenvalue weighted by atomic mass is 9.92. The number of piperidine rings is 1. The summed E-state index contributed by atoms with van der Waals surface area (Å²) >= 11 is 0. The zero-order valence-electron chi connectivity index (χ0n) is 16.4. The zero-order valence-corrected chi connectivity index (χ0v) is 17.2. The van der Waals surface area contributed by atoms with Crippen molar-refractivity contribution in [3.8, 4) is 0 Å².